The molecule has 3 unspecified atom stereocenters. The Balaban J connectivity index is 1.41. The van der Waals surface area contributed by atoms with Crippen molar-refractivity contribution in [2.45, 2.75) is 29.7 Å². The number of hydrogen-bond donors (Lipinski definition) is 1. The molecule has 0 radical (unpaired) electrons. The second-order valence-electron chi connectivity index (χ2n) is 9.62. The summed E-state index contributed by atoms with van der Waals surface area (Å²) in [6, 6.07) is 20.0. The van der Waals surface area contributed by atoms with E-state index in [9.17, 15) is 23.6 Å². The van der Waals surface area contributed by atoms with Crippen LogP contribution in [0, 0.1) is 18.7 Å². The van der Waals surface area contributed by atoms with Gasteiger partial charge >= 0.3 is 4.87 Å². The highest BCUT2D eigenvalue weighted by atomic mass is 79.9. The summed E-state index contributed by atoms with van der Waals surface area (Å²) in [6.07, 6.45) is 0. The minimum atomic E-state index is -0.821. The molecule has 1 N–H and O–H groups in total. The second-order valence-corrected chi connectivity index (χ2v) is 12.7. The van der Waals surface area contributed by atoms with Gasteiger partial charge in [0.05, 0.1) is 16.6 Å². The summed E-state index contributed by atoms with van der Waals surface area (Å²) >= 11 is 5.57. The molecular weight excluding hydrogens is 617 g/mol. The van der Waals surface area contributed by atoms with Gasteiger partial charge in [-0.15, -0.1) is 0 Å². The summed E-state index contributed by atoms with van der Waals surface area (Å²) in [5, 5.41) is 2.52. The molecule has 4 aromatic rings. The van der Waals surface area contributed by atoms with Crippen LogP contribution in [0.4, 0.5) is 15.8 Å². The fourth-order valence-corrected chi connectivity index (χ4v) is 8.23. The first-order chi connectivity index (χ1) is 19.2. The number of halogens is 2. The first-order valence-corrected chi connectivity index (χ1v) is 14.9. The molecule has 0 bridgehead atoms. The number of anilines is 2. The van der Waals surface area contributed by atoms with E-state index < -0.39 is 34.7 Å². The fourth-order valence-electron chi connectivity index (χ4n) is 5.20. The molecule has 202 valence electrons. The Hall–Kier alpha value is -3.54. The number of fused-ring (bicyclic) bond motifs is 2. The van der Waals surface area contributed by atoms with Crippen molar-refractivity contribution in [3.8, 4) is 0 Å². The molecule has 40 heavy (non-hydrogen) atoms. The van der Waals surface area contributed by atoms with Crippen LogP contribution < -0.4 is 15.1 Å². The Morgan fingerprint density at radius 2 is 1.73 bits per heavy atom. The molecule has 3 amide bonds. The SMILES string of the molecule is Cc1cccc(NC(=O)Cn2c3c(sc2=O)C(c2ccc(Br)cc2)C2C(=O)N(c4ccc(F)cc4)C(=O)C2S3)c1. The van der Waals surface area contributed by atoms with Crippen molar-refractivity contribution in [3.05, 3.63) is 109 Å². The van der Waals surface area contributed by atoms with Gasteiger partial charge in [-0.25, -0.2) is 9.29 Å². The Bertz CT molecular complexity index is 1720. The van der Waals surface area contributed by atoms with Crippen molar-refractivity contribution in [1.82, 2.24) is 4.57 Å². The van der Waals surface area contributed by atoms with Crippen molar-refractivity contribution in [3.63, 3.8) is 0 Å². The number of nitrogens with one attached hydrogen (secondary N) is 1. The van der Waals surface area contributed by atoms with Gasteiger partial charge in [-0.05, 0) is 66.6 Å². The zero-order chi connectivity index (χ0) is 28.1. The molecule has 3 atom stereocenters. The molecule has 3 aromatic carbocycles. The van der Waals surface area contributed by atoms with Crippen LogP contribution in [0.2, 0.25) is 0 Å². The quantitative estimate of drug-likeness (QED) is 0.290. The zero-order valence-corrected chi connectivity index (χ0v) is 24.2. The summed E-state index contributed by atoms with van der Waals surface area (Å²) in [5.74, 6) is -3.04. The van der Waals surface area contributed by atoms with Crippen molar-refractivity contribution in [2.24, 2.45) is 5.92 Å². The van der Waals surface area contributed by atoms with Crippen LogP contribution in [0.25, 0.3) is 0 Å². The lowest BCUT2D eigenvalue weighted by Gasteiger charge is -2.30. The van der Waals surface area contributed by atoms with Gasteiger partial charge in [-0.2, -0.15) is 0 Å². The molecule has 1 saturated heterocycles. The van der Waals surface area contributed by atoms with E-state index in [1.165, 1.54) is 28.8 Å². The molecule has 0 spiro atoms. The molecule has 1 fully saturated rings. The van der Waals surface area contributed by atoms with E-state index in [0.29, 0.717) is 21.3 Å². The largest absolute Gasteiger partial charge is 0.325 e. The summed E-state index contributed by atoms with van der Waals surface area (Å²) in [5.41, 5.74) is 2.67. The van der Waals surface area contributed by atoms with Crippen LogP contribution in [0.1, 0.15) is 21.9 Å². The molecule has 2 aliphatic heterocycles. The van der Waals surface area contributed by atoms with Crippen molar-refractivity contribution in [1.29, 1.82) is 0 Å². The number of amides is 3. The van der Waals surface area contributed by atoms with Crippen LogP contribution in [-0.4, -0.2) is 27.5 Å². The lowest BCUT2D eigenvalue weighted by Crippen LogP contribution is -2.33. The molecular formula is C29H21BrFN3O4S2. The van der Waals surface area contributed by atoms with E-state index >= 15 is 0 Å². The number of rotatable bonds is 5. The number of thioether (sulfide) groups is 1. The third-order valence-corrected chi connectivity index (χ3v) is 10.1. The molecule has 0 aliphatic carbocycles. The van der Waals surface area contributed by atoms with E-state index in [-0.39, 0.29) is 17.3 Å². The number of benzene rings is 3. The molecule has 11 heteroatoms. The van der Waals surface area contributed by atoms with Gasteiger partial charge in [0.1, 0.15) is 17.6 Å². The molecule has 7 nitrogen and oxygen atoms in total. The van der Waals surface area contributed by atoms with E-state index in [4.69, 9.17) is 0 Å². The Morgan fingerprint density at radius 1 is 1.00 bits per heavy atom. The minimum absolute atomic E-state index is 0.236. The average Bonchev–Trinajstić information content (AvgIpc) is 3.36. The van der Waals surface area contributed by atoms with Crippen LogP contribution >= 0.6 is 39.0 Å². The predicted octanol–water partition coefficient (Wildman–Crippen LogP) is 5.55. The minimum Gasteiger partial charge on any atom is -0.325 e. The molecule has 2 aliphatic rings. The molecule has 3 heterocycles. The molecule has 6 rings (SSSR count). The standard InChI is InChI=1S/C29H21BrFN3O4S2/c1-15-3-2-4-19(13-15)32-21(35)14-33-28-25(40-29(33)38)22(16-5-7-17(30)8-6-16)23-24(39-28)27(37)34(26(23)36)20-11-9-18(31)10-12-20/h2-13,22-24H,14H2,1H3,(H,32,35). The first kappa shape index (κ1) is 26.7. The Kier molecular flexibility index (Phi) is 6.97. The van der Waals surface area contributed by atoms with Gasteiger partial charge in [0.15, 0.2) is 0 Å². The first-order valence-electron chi connectivity index (χ1n) is 12.4. The highest BCUT2D eigenvalue weighted by molar-refractivity contribution is 9.10. The van der Waals surface area contributed by atoms with Crippen LogP contribution in [-0.2, 0) is 20.9 Å². The predicted molar refractivity (Wildman–Crippen MR) is 156 cm³/mol. The van der Waals surface area contributed by atoms with E-state index in [2.05, 4.69) is 21.2 Å². The van der Waals surface area contributed by atoms with Crippen molar-refractivity contribution >= 4 is 68.1 Å². The highest BCUT2D eigenvalue weighted by Gasteiger charge is 2.56. The van der Waals surface area contributed by atoms with Crippen molar-refractivity contribution in [2.75, 3.05) is 10.2 Å². The molecule has 1 aromatic heterocycles. The number of carbonyl (C=O) groups excluding carboxylic acids is 3. The number of carbonyl (C=O) groups is 3. The van der Waals surface area contributed by atoms with Gasteiger partial charge in [0, 0.05) is 21.0 Å². The van der Waals surface area contributed by atoms with E-state index in [1.54, 1.807) is 6.07 Å². The summed E-state index contributed by atoms with van der Waals surface area (Å²) in [4.78, 5) is 55.2. The number of aromatic nitrogens is 1. The number of hydrogen-bond acceptors (Lipinski definition) is 6. The lowest BCUT2D eigenvalue weighted by atomic mass is 9.83. The van der Waals surface area contributed by atoms with Gasteiger partial charge in [-0.1, -0.05) is 63.3 Å². The summed E-state index contributed by atoms with van der Waals surface area (Å²) < 4.78 is 15.8. The maximum atomic E-state index is 13.8. The Labute approximate surface area is 245 Å². The third-order valence-electron chi connectivity index (χ3n) is 6.97. The fraction of sp³-hybridized carbons (Fsp3) is 0.172. The summed E-state index contributed by atoms with van der Waals surface area (Å²) in [7, 11) is 0. The average molecular weight is 639 g/mol. The van der Waals surface area contributed by atoms with E-state index in [0.717, 1.165) is 43.6 Å². The van der Waals surface area contributed by atoms with Gasteiger partial charge in [0.25, 0.3) is 0 Å². The number of aryl methyl sites for hydroxylation is 1. The monoisotopic (exact) mass is 637 g/mol. The zero-order valence-electron chi connectivity index (χ0n) is 21.0. The third kappa shape index (κ3) is 4.71. The number of nitrogens with zero attached hydrogens (tertiary/aromatic N) is 2. The van der Waals surface area contributed by atoms with Gasteiger partial charge in [0.2, 0.25) is 17.7 Å². The normalized spacial score (nSPS) is 19.9. The number of imide groups is 1. The van der Waals surface area contributed by atoms with Gasteiger partial charge in [-0.3, -0.25) is 23.7 Å². The van der Waals surface area contributed by atoms with Gasteiger partial charge < -0.3 is 5.32 Å². The topological polar surface area (TPSA) is 88.5 Å². The maximum absolute atomic E-state index is 13.8. The number of thiazole rings is 1. The second kappa shape index (κ2) is 10.5. The van der Waals surface area contributed by atoms with E-state index in [1.807, 2.05) is 49.4 Å². The van der Waals surface area contributed by atoms with Crippen LogP contribution in [0.5, 0.6) is 0 Å². The van der Waals surface area contributed by atoms with Crippen LogP contribution in [0.3, 0.4) is 0 Å². The molecule has 0 saturated carbocycles. The Morgan fingerprint density at radius 3 is 2.42 bits per heavy atom. The maximum Gasteiger partial charge on any atom is 0.308 e. The highest BCUT2D eigenvalue weighted by Crippen LogP contribution is 2.53. The summed E-state index contributed by atoms with van der Waals surface area (Å²) in [6.45, 7) is 1.68. The smallest absolute Gasteiger partial charge is 0.308 e. The van der Waals surface area contributed by atoms with Crippen molar-refractivity contribution < 1.29 is 18.8 Å². The lowest BCUT2D eigenvalue weighted by molar-refractivity contribution is -0.122. The van der Waals surface area contributed by atoms with Crippen LogP contribution in [0.15, 0.2) is 87.1 Å².